The third kappa shape index (κ3) is 3.85. The van der Waals surface area contributed by atoms with Crippen molar-refractivity contribution in [3.05, 3.63) is 18.5 Å². The summed E-state index contributed by atoms with van der Waals surface area (Å²) in [6.07, 6.45) is 4.22. The Morgan fingerprint density at radius 3 is 2.77 bits per heavy atom. The van der Waals surface area contributed by atoms with Gasteiger partial charge in [0, 0.05) is 24.7 Å². The van der Waals surface area contributed by atoms with E-state index in [1.165, 1.54) is 0 Å². The first kappa shape index (κ1) is 9.92. The van der Waals surface area contributed by atoms with Crippen molar-refractivity contribution in [1.29, 1.82) is 0 Å². The van der Waals surface area contributed by atoms with Crippen LogP contribution in [0.25, 0.3) is 0 Å². The average molecular weight is 200 g/mol. The molecule has 0 aliphatic heterocycles. The van der Waals surface area contributed by atoms with Gasteiger partial charge in [-0.05, 0) is 12.5 Å². The fourth-order valence-corrected chi connectivity index (χ4v) is 0.912. The average Bonchev–Trinajstić information content (AvgIpc) is 2.16. The molecule has 0 atom stereocenters. The number of aromatic nitrogens is 2. The van der Waals surface area contributed by atoms with Crippen LogP contribution in [0.1, 0.15) is 12.8 Å². The number of hydrogen-bond donors (Lipinski definition) is 1. The summed E-state index contributed by atoms with van der Waals surface area (Å²) in [5, 5.41) is 2.56. The first-order valence-corrected chi connectivity index (χ1v) is 4.49. The van der Waals surface area contributed by atoms with Crippen molar-refractivity contribution >= 4 is 23.5 Å². The Bertz CT molecular complexity index is 265. The second-order valence-corrected chi connectivity index (χ2v) is 2.79. The van der Waals surface area contributed by atoms with E-state index < -0.39 is 0 Å². The highest BCUT2D eigenvalue weighted by atomic mass is 35.5. The quantitative estimate of drug-likeness (QED) is 0.747. The Hall–Kier alpha value is -1.16. The summed E-state index contributed by atoms with van der Waals surface area (Å²) >= 11 is 5.44. The Labute approximate surface area is 81.3 Å². The molecule has 0 bridgehead atoms. The Kier molecular flexibility index (Phi) is 4.18. The minimum atomic E-state index is -0.105. The molecule has 0 saturated heterocycles. The summed E-state index contributed by atoms with van der Waals surface area (Å²) in [6, 6.07) is 1.69. The summed E-state index contributed by atoms with van der Waals surface area (Å²) in [6.45, 7) is 0. The lowest BCUT2D eigenvalue weighted by molar-refractivity contribution is -0.116. The third-order valence-corrected chi connectivity index (χ3v) is 1.62. The van der Waals surface area contributed by atoms with Gasteiger partial charge in [-0.1, -0.05) is 0 Å². The number of rotatable bonds is 4. The lowest BCUT2D eigenvalue weighted by Gasteiger charge is -2.00. The Morgan fingerprint density at radius 1 is 1.46 bits per heavy atom. The SMILES string of the molecule is O=C(CCCCl)Nc1ncccn1. The van der Waals surface area contributed by atoms with Crippen LogP contribution in [-0.2, 0) is 4.79 Å². The van der Waals surface area contributed by atoms with Gasteiger partial charge in [-0.15, -0.1) is 11.6 Å². The van der Waals surface area contributed by atoms with Crippen molar-refractivity contribution in [1.82, 2.24) is 9.97 Å². The second kappa shape index (κ2) is 5.48. The van der Waals surface area contributed by atoms with Crippen molar-refractivity contribution in [2.75, 3.05) is 11.2 Å². The van der Waals surface area contributed by atoms with E-state index in [0.29, 0.717) is 24.7 Å². The molecule has 0 radical (unpaired) electrons. The Balaban J connectivity index is 2.37. The van der Waals surface area contributed by atoms with Crippen molar-refractivity contribution in [3.63, 3.8) is 0 Å². The van der Waals surface area contributed by atoms with Gasteiger partial charge in [0.2, 0.25) is 11.9 Å². The highest BCUT2D eigenvalue weighted by Crippen LogP contribution is 1.98. The van der Waals surface area contributed by atoms with E-state index in [2.05, 4.69) is 15.3 Å². The second-order valence-electron chi connectivity index (χ2n) is 2.41. The van der Waals surface area contributed by atoms with Crippen LogP contribution in [0.15, 0.2) is 18.5 Å². The maximum atomic E-state index is 11.1. The van der Waals surface area contributed by atoms with E-state index in [-0.39, 0.29) is 5.91 Å². The van der Waals surface area contributed by atoms with Crippen LogP contribution in [-0.4, -0.2) is 21.8 Å². The zero-order valence-corrected chi connectivity index (χ0v) is 7.79. The molecule has 1 N–H and O–H groups in total. The van der Waals surface area contributed by atoms with Crippen LogP contribution in [0.2, 0.25) is 0 Å². The molecule has 1 heterocycles. The predicted molar refractivity (Wildman–Crippen MR) is 50.6 cm³/mol. The number of amides is 1. The number of hydrogen-bond acceptors (Lipinski definition) is 3. The van der Waals surface area contributed by atoms with Gasteiger partial charge in [0.05, 0.1) is 0 Å². The molecule has 70 valence electrons. The van der Waals surface area contributed by atoms with Crippen molar-refractivity contribution < 1.29 is 4.79 Å². The zero-order valence-electron chi connectivity index (χ0n) is 7.03. The van der Waals surface area contributed by atoms with Crippen LogP contribution in [0.5, 0.6) is 0 Å². The molecule has 4 nitrogen and oxygen atoms in total. The van der Waals surface area contributed by atoms with E-state index >= 15 is 0 Å². The standard InChI is InChI=1S/C8H10ClN3O/c9-4-1-3-7(13)12-8-10-5-2-6-11-8/h2,5-6H,1,3-4H2,(H,10,11,12,13). The molecule has 0 unspecified atom stereocenters. The molecule has 0 aliphatic rings. The molecule has 0 aliphatic carbocycles. The van der Waals surface area contributed by atoms with Crippen LogP contribution >= 0.6 is 11.6 Å². The summed E-state index contributed by atoms with van der Waals surface area (Å²) < 4.78 is 0. The summed E-state index contributed by atoms with van der Waals surface area (Å²) in [5.74, 6) is 0.720. The molecule has 0 fully saturated rings. The van der Waals surface area contributed by atoms with Gasteiger partial charge < -0.3 is 0 Å². The number of carbonyl (C=O) groups excluding carboxylic acids is 1. The molecule has 0 saturated carbocycles. The summed E-state index contributed by atoms with van der Waals surface area (Å²) in [7, 11) is 0. The summed E-state index contributed by atoms with van der Waals surface area (Å²) in [5.41, 5.74) is 0. The third-order valence-electron chi connectivity index (χ3n) is 1.35. The minimum Gasteiger partial charge on any atom is -0.295 e. The fraction of sp³-hybridized carbons (Fsp3) is 0.375. The van der Waals surface area contributed by atoms with Gasteiger partial charge in [0.15, 0.2) is 0 Å². The largest absolute Gasteiger partial charge is 0.295 e. The van der Waals surface area contributed by atoms with Crippen molar-refractivity contribution in [2.24, 2.45) is 0 Å². The van der Waals surface area contributed by atoms with E-state index in [4.69, 9.17) is 11.6 Å². The lowest BCUT2D eigenvalue weighted by Crippen LogP contribution is -2.13. The highest BCUT2D eigenvalue weighted by Gasteiger charge is 2.01. The smallest absolute Gasteiger partial charge is 0.229 e. The van der Waals surface area contributed by atoms with Crippen molar-refractivity contribution in [2.45, 2.75) is 12.8 Å². The van der Waals surface area contributed by atoms with Gasteiger partial charge in [-0.2, -0.15) is 0 Å². The zero-order chi connectivity index (χ0) is 9.52. The van der Waals surface area contributed by atoms with Gasteiger partial charge in [0.1, 0.15) is 0 Å². The fourth-order valence-electron chi connectivity index (χ4n) is 0.778. The number of halogens is 1. The van der Waals surface area contributed by atoms with Gasteiger partial charge in [0.25, 0.3) is 0 Å². The molecule has 13 heavy (non-hydrogen) atoms. The number of nitrogens with zero attached hydrogens (tertiary/aromatic N) is 2. The molecule has 1 aromatic heterocycles. The molecular formula is C8H10ClN3O. The maximum absolute atomic E-state index is 11.1. The lowest BCUT2D eigenvalue weighted by atomic mass is 10.3. The molecule has 0 spiro atoms. The molecule has 1 aromatic rings. The maximum Gasteiger partial charge on any atom is 0.229 e. The minimum absolute atomic E-state index is 0.105. The van der Waals surface area contributed by atoms with Crippen LogP contribution in [0.3, 0.4) is 0 Å². The van der Waals surface area contributed by atoms with Crippen LogP contribution in [0, 0.1) is 0 Å². The molecule has 1 rings (SSSR count). The first-order valence-electron chi connectivity index (χ1n) is 3.96. The van der Waals surface area contributed by atoms with Crippen LogP contribution < -0.4 is 5.32 Å². The number of carbonyl (C=O) groups is 1. The Morgan fingerprint density at radius 2 is 2.15 bits per heavy atom. The predicted octanol–water partition coefficient (Wildman–Crippen LogP) is 1.43. The normalized spacial score (nSPS) is 9.62. The monoisotopic (exact) mass is 199 g/mol. The van der Waals surface area contributed by atoms with E-state index in [1.807, 2.05) is 0 Å². The van der Waals surface area contributed by atoms with Gasteiger partial charge in [-0.3, -0.25) is 10.1 Å². The van der Waals surface area contributed by atoms with Crippen molar-refractivity contribution in [3.8, 4) is 0 Å². The molecule has 5 heteroatoms. The molecule has 0 aromatic carbocycles. The van der Waals surface area contributed by atoms with Gasteiger partial charge >= 0.3 is 0 Å². The van der Waals surface area contributed by atoms with E-state index in [0.717, 1.165) is 0 Å². The topological polar surface area (TPSA) is 54.9 Å². The van der Waals surface area contributed by atoms with Gasteiger partial charge in [-0.25, -0.2) is 9.97 Å². The molecule has 1 amide bonds. The number of nitrogens with one attached hydrogen (secondary N) is 1. The highest BCUT2D eigenvalue weighted by molar-refractivity contribution is 6.18. The summed E-state index contributed by atoms with van der Waals surface area (Å²) in [4.78, 5) is 18.8. The van der Waals surface area contributed by atoms with E-state index in [9.17, 15) is 4.79 Å². The number of anilines is 1. The number of alkyl halides is 1. The molecular weight excluding hydrogens is 190 g/mol. The van der Waals surface area contributed by atoms with E-state index in [1.54, 1.807) is 18.5 Å². The van der Waals surface area contributed by atoms with Crippen LogP contribution in [0.4, 0.5) is 5.95 Å². The first-order chi connectivity index (χ1) is 6.33.